The molecule has 1 atom stereocenters. The molecule has 0 aromatic heterocycles. The molecule has 1 aliphatic carbocycles. The van der Waals surface area contributed by atoms with E-state index in [-0.39, 0.29) is 29.8 Å². The molecule has 6 heteroatoms. The third-order valence-corrected chi connectivity index (χ3v) is 5.59. The smallest absolute Gasteiger partial charge is 0.260 e. The lowest BCUT2D eigenvalue weighted by Crippen LogP contribution is -2.38. The number of nitrogens with one attached hydrogen (secondary N) is 1. The molecule has 130 valence electrons. The van der Waals surface area contributed by atoms with Crippen LogP contribution in [0.5, 0.6) is 5.75 Å². The van der Waals surface area contributed by atoms with Gasteiger partial charge in [0.1, 0.15) is 5.75 Å². The number of rotatable bonds is 4. The van der Waals surface area contributed by atoms with Crippen molar-refractivity contribution in [3.63, 3.8) is 0 Å². The molecule has 0 bridgehead atoms. The van der Waals surface area contributed by atoms with Crippen LogP contribution in [-0.4, -0.2) is 43.5 Å². The molecule has 1 spiro atoms. The van der Waals surface area contributed by atoms with Gasteiger partial charge < -0.3 is 15.0 Å². The van der Waals surface area contributed by atoms with E-state index in [1.54, 1.807) is 36.2 Å². The Morgan fingerprint density at radius 3 is 2.58 bits per heavy atom. The first-order valence-electron chi connectivity index (χ1n) is 8.42. The van der Waals surface area contributed by atoms with Gasteiger partial charge in [-0.3, -0.25) is 9.59 Å². The van der Waals surface area contributed by atoms with Crippen molar-refractivity contribution in [1.82, 2.24) is 10.2 Å². The fourth-order valence-electron chi connectivity index (χ4n) is 4.05. The molecule has 1 heterocycles. The molecule has 2 amide bonds. The Bertz CT molecular complexity index is 611. The van der Waals surface area contributed by atoms with Crippen LogP contribution >= 0.6 is 11.6 Å². The Hall–Kier alpha value is -1.75. The van der Waals surface area contributed by atoms with Gasteiger partial charge in [0.25, 0.3) is 5.91 Å². The topological polar surface area (TPSA) is 58.6 Å². The third-order valence-electron chi connectivity index (χ3n) is 5.34. The molecule has 1 aromatic carbocycles. The number of nitrogens with zero attached hydrogens (tertiary/aromatic N) is 1. The zero-order valence-corrected chi connectivity index (χ0v) is 14.6. The second kappa shape index (κ2) is 7.01. The predicted octanol–water partition coefficient (Wildman–Crippen LogP) is 2.48. The first kappa shape index (κ1) is 17.1. The molecule has 0 radical (unpaired) electrons. The second-order valence-electron chi connectivity index (χ2n) is 6.75. The van der Waals surface area contributed by atoms with E-state index >= 15 is 0 Å². The van der Waals surface area contributed by atoms with Gasteiger partial charge in [-0.25, -0.2) is 0 Å². The Kier molecular flexibility index (Phi) is 4.99. The Morgan fingerprint density at radius 2 is 1.96 bits per heavy atom. The van der Waals surface area contributed by atoms with Crippen molar-refractivity contribution in [3.8, 4) is 5.75 Å². The predicted molar refractivity (Wildman–Crippen MR) is 92.0 cm³/mol. The molecule has 2 aliphatic rings. The Balaban J connectivity index is 1.63. The molecule has 2 fully saturated rings. The van der Waals surface area contributed by atoms with E-state index in [1.807, 2.05) is 0 Å². The Morgan fingerprint density at radius 1 is 1.29 bits per heavy atom. The van der Waals surface area contributed by atoms with Gasteiger partial charge in [-0.15, -0.1) is 0 Å². The summed E-state index contributed by atoms with van der Waals surface area (Å²) < 4.78 is 5.56. The summed E-state index contributed by atoms with van der Waals surface area (Å²) in [4.78, 5) is 26.6. The number of ether oxygens (including phenoxy) is 1. The molecule has 24 heavy (non-hydrogen) atoms. The van der Waals surface area contributed by atoms with Gasteiger partial charge in [0, 0.05) is 30.6 Å². The third kappa shape index (κ3) is 3.36. The van der Waals surface area contributed by atoms with Crippen LogP contribution in [-0.2, 0) is 9.59 Å². The van der Waals surface area contributed by atoms with Gasteiger partial charge in [-0.1, -0.05) is 24.4 Å². The van der Waals surface area contributed by atoms with E-state index in [4.69, 9.17) is 16.3 Å². The maximum absolute atomic E-state index is 12.5. The van der Waals surface area contributed by atoms with Crippen molar-refractivity contribution < 1.29 is 14.3 Å². The molecule has 3 rings (SSSR count). The summed E-state index contributed by atoms with van der Waals surface area (Å²) in [5.74, 6) is 0.489. The fraction of sp³-hybridized carbons (Fsp3) is 0.556. The minimum absolute atomic E-state index is 0.0157. The normalized spacial score (nSPS) is 21.9. The average Bonchev–Trinajstić information content (AvgIpc) is 3.21. The van der Waals surface area contributed by atoms with Crippen molar-refractivity contribution in [3.05, 3.63) is 29.3 Å². The molecule has 1 saturated heterocycles. The van der Waals surface area contributed by atoms with Crippen LogP contribution in [0.2, 0.25) is 5.02 Å². The number of hydrogen-bond donors (Lipinski definition) is 1. The maximum Gasteiger partial charge on any atom is 0.260 e. The van der Waals surface area contributed by atoms with Crippen LogP contribution in [0.1, 0.15) is 25.7 Å². The first-order chi connectivity index (χ1) is 11.5. The molecule has 0 unspecified atom stereocenters. The van der Waals surface area contributed by atoms with E-state index < -0.39 is 0 Å². The summed E-state index contributed by atoms with van der Waals surface area (Å²) in [6.45, 7) is 1.13. The molecular formula is C18H23ClN2O3. The van der Waals surface area contributed by atoms with Gasteiger partial charge in [0.2, 0.25) is 5.91 Å². The highest BCUT2D eigenvalue weighted by Gasteiger charge is 2.52. The van der Waals surface area contributed by atoms with Gasteiger partial charge in [-0.2, -0.15) is 0 Å². The highest BCUT2D eigenvalue weighted by Crippen LogP contribution is 2.49. The van der Waals surface area contributed by atoms with Crippen molar-refractivity contribution in [2.24, 2.45) is 11.3 Å². The summed E-state index contributed by atoms with van der Waals surface area (Å²) in [5.41, 5.74) is -0.0456. The first-order valence-corrected chi connectivity index (χ1v) is 8.80. The summed E-state index contributed by atoms with van der Waals surface area (Å²) in [7, 11) is 1.67. The summed E-state index contributed by atoms with van der Waals surface area (Å²) in [6, 6.07) is 6.94. The largest absolute Gasteiger partial charge is 0.484 e. The summed E-state index contributed by atoms with van der Waals surface area (Å²) in [5, 5.41) is 3.39. The van der Waals surface area contributed by atoms with Crippen LogP contribution in [0, 0.1) is 11.3 Å². The van der Waals surface area contributed by atoms with Crippen LogP contribution < -0.4 is 10.1 Å². The summed E-state index contributed by atoms with van der Waals surface area (Å²) in [6.07, 6.45) is 4.31. The average molecular weight is 351 g/mol. The van der Waals surface area contributed by atoms with Crippen LogP contribution in [0.4, 0.5) is 0 Å². The van der Waals surface area contributed by atoms with Crippen LogP contribution in [0.15, 0.2) is 24.3 Å². The molecule has 1 aromatic rings. The molecular weight excluding hydrogens is 328 g/mol. The van der Waals surface area contributed by atoms with Crippen molar-refractivity contribution in [2.45, 2.75) is 25.7 Å². The fourth-order valence-corrected chi connectivity index (χ4v) is 4.17. The van der Waals surface area contributed by atoms with Crippen molar-refractivity contribution in [2.75, 3.05) is 26.7 Å². The number of hydrogen-bond acceptors (Lipinski definition) is 3. The molecule has 1 saturated carbocycles. The highest BCUT2D eigenvalue weighted by molar-refractivity contribution is 6.30. The SMILES string of the molecule is CNC(=O)[C@@H]1CN(C(=O)COc2ccc(Cl)cc2)CC12CCCC2. The van der Waals surface area contributed by atoms with Crippen LogP contribution in [0.3, 0.4) is 0 Å². The monoisotopic (exact) mass is 350 g/mol. The maximum atomic E-state index is 12.5. The highest BCUT2D eigenvalue weighted by atomic mass is 35.5. The van der Waals surface area contributed by atoms with E-state index in [0.29, 0.717) is 23.9 Å². The van der Waals surface area contributed by atoms with Gasteiger partial charge in [-0.05, 0) is 37.1 Å². The minimum atomic E-state index is -0.107. The van der Waals surface area contributed by atoms with Crippen molar-refractivity contribution >= 4 is 23.4 Å². The van der Waals surface area contributed by atoms with Crippen LogP contribution in [0.25, 0.3) is 0 Å². The van der Waals surface area contributed by atoms with Gasteiger partial charge >= 0.3 is 0 Å². The summed E-state index contributed by atoms with van der Waals surface area (Å²) >= 11 is 5.84. The number of benzene rings is 1. The van der Waals surface area contributed by atoms with E-state index in [0.717, 1.165) is 25.7 Å². The standard InChI is InChI=1S/C18H23ClN2O3/c1-20-17(23)15-10-21(12-18(15)8-2-3-9-18)16(22)11-24-14-6-4-13(19)5-7-14/h4-7,15H,2-3,8-12H2,1H3,(H,20,23)/t15-/m0/s1. The molecule has 1 aliphatic heterocycles. The lowest BCUT2D eigenvalue weighted by molar-refractivity contribution is -0.132. The zero-order valence-electron chi connectivity index (χ0n) is 13.9. The van der Waals surface area contributed by atoms with E-state index in [2.05, 4.69) is 5.32 Å². The number of carbonyl (C=O) groups excluding carboxylic acids is 2. The van der Waals surface area contributed by atoms with Gasteiger partial charge in [0.15, 0.2) is 6.61 Å². The number of carbonyl (C=O) groups is 2. The van der Waals surface area contributed by atoms with Crippen molar-refractivity contribution in [1.29, 1.82) is 0 Å². The van der Waals surface area contributed by atoms with Gasteiger partial charge in [0.05, 0.1) is 5.92 Å². The molecule has 5 nitrogen and oxygen atoms in total. The minimum Gasteiger partial charge on any atom is -0.484 e. The number of amides is 2. The Labute approximate surface area is 147 Å². The van der Waals surface area contributed by atoms with E-state index in [1.165, 1.54) is 0 Å². The molecule has 1 N–H and O–H groups in total. The lowest BCUT2D eigenvalue weighted by Gasteiger charge is -2.28. The number of halogens is 1. The lowest BCUT2D eigenvalue weighted by atomic mass is 9.76. The quantitative estimate of drug-likeness (QED) is 0.907. The second-order valence-corrected chi connectivity index (χ2v) is 7.19. The zero-order chi connectivity index (χ0) is 17.2. The van der Waals surface area contributed by atoms with E-state index in [9.17, 15) is 9.59 Å². The number of likely N-dealkylation sites (tertiary alicyclic amines) is 1.